The Bertz CT molecular complexity index is 1890. The number of amides is 3. The van der Waals surface area contributed by atoms with E-state index in [0.717, 1.165) is 83.5 Å². The zero-order valence-electron chi connectivity index (χ0n) is 31.6. The normalized spacial score (nSPS) is 23.0. The Kier molecular flexibility index (Phi) is 12.4. The molecule has 4 fully saturated rings. The molecule has 3 unspecified atom stereocenters. The van der Waals surface area contributed by atoms with Gasteiger partial charge in [-0.1, -0.05) is 29.8 Å². The molecule has 0 radical (unpaired) electrons. The van der Waals surface area contributed by atoms with E-state index < -0.39 is 11.8 Å². The Morgan fingerprint density at radius 3 is 2.35 bits per heavy atom. The molecule has 12 nitrogen and oxygen atoms in total. The van der Waals surface area contributed by atoms with Crippen LogP contribution in [-0.4, -0.2) is 97.3 Å². The Morgan fingerprint density at radius 1 is 1.02 bits per heavy atom. The minimum atomic E-state index is -0.589. The van der Waals surface area contributed by atoms with Crippen molar-refractivity contribution in [1.82, 2.24) is 24.9 Å². The van der Waals surface area contributed by atoms with Crippen molar-refractivity contribution in [3.05, 3.63) is 79.9 Å². The molecule has 4 aliphatic rings. The number of likely N-dealkylation sites (N-methyl/N-ethyl adjacent to an activating group) is 1. The maximum atomic E-state index is 15.1. The van der Waals surface area contributed by atoms with Crippen molar-refractivity contribution in [1.29, 1.82) is 0 Å². The smallest absolute Gasteiger partial charge is 0.282 e. The van der Waals surface area contributed by atoms with Crippen molar-refractivity contribution >= 4 is 45.5 Å². The standard InChI is InChI=1S/C22H28FN3O4.C18H23BrN4O/c1-30-19-13-18(17(23)12-16(19)15-2-3-20(28)24-21(15)29)26-10-6-22(7-11-26)4-8-25(14-27)9-5-22;1-12-4-6-13(7-5-12)14-8-15(11-22(2)10-14)21-16-9-20-23(3)18(24)17(16)19/h12-15H,2-11H2,1H3,(H,24,28,29);4-7,9,14-15,21H,8,10-11H2,1-3H3. The monoisotopic (exact) mass is 807 g/mol. The molecule has 54 heavy (non-hydrogen) atoms. The van der Waals surface area contributed by atoms with E-state index in [2.05, 4.69) is 74.8 Å². The number of aryl methyl sites for hydroxylation is 2. The minimum Gasteiger partial charge on any atom is -0.496 e. The van der Waals surface area contributed by atoms with Gasteiger partial charge in [0.15, 0.2) is 0 Å². The lowest BCUT2D eigenvalue weighted by Gasteiger charge is -2.46. The van der Waals surface area contributed by atoms with Gasteiger partial charge in [0.2, 0.25) is 18.2 Å². The Morgan fingerprint density at radius 2 is 1.70 bits per heavy atom. The number of ether oxygens (including phenoxy) is 1. The third-order valence-electron chi connectivity index (χ3n) is 11.7. The van der Waals surface area contributed by atoms with Crippen LogP contribution in [0.3, 0.4) is 0 Å². The lowest BCUT2D eigenvalue weighted by atomic mass is 9.71. The number of likely N-dealkylation sites (tertiary alicyclic amines) is 2. The summed E-state index contributed by atoms with van der Waals surface area (Å²) < 4.78 is 22.5. The number of hydrogen-bond donors (Lipinski definition) is 2. The third-order valence-corrected chi connectivity index (χ3v) is 12.5. The summed E-state index contributed by atoms with van der Waals surface area (Å²) in [6.07, 6.45) is 8.19. The Hall–Kier alpha value is -4.30. The molecule has 3 atom stereocenters. The van der Waals surface area contributed by atoms with Gasteiger partial charge in [0, 0.05) is 70.4 Å². The third kappa shape index (κ3) is 8.97. The topological polar surface area (TPSA) is 129 Å². The van der Waals surface area contributed by atoms with Gasteiger partial charge in [0.05, 0.1) is 30.6 Å². The first-order valence-electron chi connectivity index (χ1n) is 18.8. The van der Waals surface area contributed by atoms with Crippen LogP contribution in [0.15, 0.2) is 51.9 Å². The highest BCUT2D eigenvalue weighted by atomic mass is 79.9. The van der Waals surface area contributed by atoms with E-state index in [4.69, 9.17) is 4.74 Å². The summed E-state index contributed by atoms with van der Waals surface area (Å²) in [5.41, 5.74) is 4.51. The molecule has 4 saturated heterocycles. The van der Waals surface area contributed by atoms with E-state index in [9.17, 15) is 19.2 Å². The van der Waals surface area contributed by atoms with Crippen molar-refractivity contribution in [3.8, 4) is 5.75 Å². The molecule has 0 aliphatic carbocycles. The summed E-state index contributed by atoms with van der Waals surface area (Å²) in [7, 11) is 5.31. The summed E-state index contributed by atoms with van der Waals surface area (Å²) in [6.45, 7) is 7.21. The fraction of sp³-hybridized carbons (Fsp3) is 0.525. The van der Waals surface area contributed by atoms with Gasteiger partial charge >= 0.3 is 0 Å². The van der Waals surface area contributed by atoms with Gasteiger partial charge in [0.25, 0.3) is 5.56 Å². The highest BCUT2D eigenvalue weighted by Crippen LogP contribution is 2.44. The zero-order chi connectivity index (χ0) is 38.6. The number of nitrogens with one attached hydrogen (secondary N) is 2. The highest BCUT2D eigenvalue weighted by molar-refractivity contribution is 9.10. The van der Waals surface area contributed by atoms with Gasteiger partial charge in [-0.05, 0) is 91.4 Å². The number of carbonyl (C=O) groups is 3. The molecule has 7 rings (SSSR count). The van der Waals surface area contributed by atoms with Gasteiger partial charge in [-0.2, -0.15) is 5.10 Å². The molecule has 2 N–H and O–H groups in total. The zero-order valence-corrected chi connectivity index (χ0v) is 33.2. The number of nitrogens with zero attached hydrogens (tertiary/aromatic N) is 5. The lowest BCUT2D eigenvalue weighted by Crippen LogP contribution is -2.46. The van der Waals surface area contributed by atoms with Crippen LogP contribution in [0, 0.1) is 18.2 Å². The van der Waals surface area contributed by atoms with E-state index in [1.54, 1.807) is 19.3 Å². The summed E-state index contributed by atoms with van der Waals surface area (Å²) in [6, 6.07) is 12.2. The molecule has 2 aromatic carbocycles. The predicted octanol–water partition coefficient (Wildman–Crippen LogP) is 4.94. The summed E-state index contributed by atoms with van der Waals surface area (Å²) in [5, 5.41) is 9.93. The van der Waals surface area contributed by atoms with Crippen LogP contribution >= 0.6 is 15.9 Å². The molecule has 0 bridgehead atoms. The molecular formula is C40H51BrFN7O5. The molecular weight excluding hydrogens is 757 g/mol. The second kappa shape index (κ2) is 17.0. The number of halogens is 2. The summed E-state index contributed by atoms with van der Waals surface area (Å²) in [5.74, 6) is -0.705. The van der Waals surface area contributed by atoms with Gasteiger partial charge in [-0.3, -0.25) is 24.5 Å². The van der Waals surface area contributed by atoms with Crippen LogP contribution in [0.1, 0.15) is 73.5 Å². The second-order valence-corrected chi connectivity index (χ2v) is 16.2. The fourth-order valence-electron chi connectivity index (χ4n) is 8.40. The number of rotatable bonds is 7. The number of anilines is 2. The summed E-state index contributed by atoms with van der Waals surface area (Å²) in [4.78, 5) is 52.9. The largest absolute Gasteiger partial charge is 0.496 e. The van der Waals surface area contributed by atoms with Crippen LogP contribution in [0.4, 0.5) is 15.8 Å². The molecule has 3 amide bonds. The van der Waals surface area contributed by atoms with E-state index in [1.165, 1.54) is 29.0 Å². The van der Waals surface area contributed by atoms with Crippen molar-refractivity contribution in [3.63, 3.8) is 0 Å². The predicted molar refractivity (Wildman–Crippen MR) is 209 cm³/mol. The van der Waals surface area contributed by atoms with Crippen LogP contribution < -0.4 is 25.8 Å². The minimum absolute atomic E-state index is 0.126. The van der Waals surface area contributed by atoms with Crippen LogP contribution in [-0.2, 0) is 21.4 Å². The number of hydrogen-bond acceptors (Lipinski definition) is 9. The first-order chi connectivity index (χ1) is 25.9. The molecule has 4 aliphatic heterocycles. The number of methoxy groups -OCH3 is 1. The second-order valence-electron chi connectivity index (χ2n) is 15.4. The van der Waals surface area contributed by atoms with Crippen molar-refractivity contribution in [2.45, 2.75) is 69.7 Å². The molecule has 14 heteroatoms. The van der Waals surface area contributed by atoms with E-state index in [1.807, 2.05) is 9.80 Å². The van der Waals surface area contributed by atoms with Crippen LogP contribution in [0.2, 0.25) is 0 Å². The van der Waals surface area contributed by atoms with Gasteiger partial charge in [0.1, 0.15) is 16.0 Å². The number of aromatic nitrogens is 2. The molecule has 0 saturated carbocycles. The first kappa shape index (κ1) is 39.4. The SMILES string of the molecule is COc1cc(N2CCC3(CCN(C=O)CC3)CC2)c(F)cc1C1CCC(=O)NC1=O.Cc1ccc(C2CC(Nc3cnn(C)c(=O)c3Br)CN(C)C2)cc1. The number of piperidine rings is 4. The van der Waals surface area contributed by atoms with Gasteiger partial charge in [-0.25, -0.2) is 9.07 Å². The number of imide groups is 1. The molecule has 3 aromatic rings. The maximum Gasteiger partial charge on any atom is 0.282 e. The van der Waals surface area contributed by atoms with E-state index >= 15 is 4.39 Å². The molecule has 290 valence electrons. The van der Waals surface area contributed by atoms with Crippen molar-refractivity contribution in [2.24, 2.45) is 12.5 Å². The summed E-state index contributed by atoms with van der Waals surface area (Å²) >= 11 is 3.39. The van der Waals surface area contributed by atoms with Gasteiger partial charge < -0.3 is 24.8 Å². The quantitative estimate of drug-likeness (QED) is 0.252. The molecule has 5 heterocycles. The Labute approximate surface area is 324 Å². The maximum absolute atomic E-state index is 15.1. The molecule has 1 spiro atoms. The Balaban J connectivity index is 0.000000189. The fourth-order valence-corrected chi connectivity index (χ4v) is 8.87. The first-order valence-corrected chi connectivity index (χ1v) is 19.6. The number of benzene rings is 2. The van der Waals surface area contributed by atoms with E-state index in [-0.39, 0.29) is 35.2 Å². The average Bonchev–Trinajstić information content (AvgIpc) is 3.16. The average molecular weight is 809 g/mol. The number of carbonyl (C=O) groups excluding carboxylic acids is 3. The van der Waals surface area contributed by atoms with E-state index in [0.29, 0.717) is 33.8 Å². The van der Waals surface area contributed by atoms with Crippen LogP contribution in [0.5, 0.6) is 5.75 Å². The van der Waals surface area contributed by atoms with Gasteiger partial charge in [-0.15, -0.1) is 0 Å². The lowest BCUT2D eigenvalue weighted by molar-refractivity contribution is -0.134. The van der Waals surface area contributed by atoms with Crippen molar-refractivity contribution in [2.75, 3.05) is 63.6 Å². The van der Waals surface area contributed by atoms with Crippen LogP contribution in [0.25, 0.3) is 0 Å². The highest BCUT2D eigenvalue weighted by Gasteiger charge is 2.38. The molecule has 1 aromatic heterocycles. The van der Waals surface area contributed by atoms with Crippen molar-refractivity contribution < 1.29 is 23.5 Å².